The Bertz CT molecular complexity index is 505. The minimum absolute atomic E-state index is 0.225. The Balaban J connectivity index is 2.23. The zero-order chi connectivity index (χ0) is 11.5. The Hall–Kier alpha value is -1.62. The van der Waals surface area contributed by atoms with E-state index in [1.807, 2.05) is 24.3 Å². The topological polar surface area (TPSA) is 66.0 Å². The Morgan fingerprint density at radius 3 is 2.69 bits per heavy atom. The number of nitrogens with zero attached hydrogens (tertiary/aromatic N) is 1. The van der Waals surface area contributed by atoms with Gasteiger partial charge in [0, 0.05) is 10.9 Å². The zero-order valence-corrected chi connectivity index (χ0v) is 9.86. The van der Waals surface area contributed by atoms with Gasteiger partial charge in [-0.15, -0.1) is 0 Å². The molecule has 0 radical (unpaired) electrons. The van der Waals surface area contributed by atoms with Crippen molar-refractivity contribution in [3.63, 3.8) is 0 Å². The molecule has 0 saturated heterocycles. The number of carboxylic acid groups (broad SMARTS) is 1. The number of aromatic carboxylic acids is 1. The van der Waals surface area contributed by atoms with Crippen LogP contribution < -0.4 is 0 Å². The van der Waals surface area contributed by atoms with Gasteiger partial charge in [-0.2, -0.15) is 5.10 Å². The van der Waals surface area contributed by atoms with Gasteiger partial charge in [-0.05, 0) is 17.7 Å². The molecular weight excluding hydrogens is 272 g/mol. The lowest BCUT2D eigenvalue weighted by molar-refractivity contribution is 0.0696. The number of carboxylic acids is 1. The van der Waals surface area contributed by atoms with Crippen molar-refractivity contribution < 1.29 is 9.90 Å². The highest BCUT2D eigenvalue weighted by atomic mass is 79.9. The minimum atomic E-state index is -0.958. The molecule has 0 spiro atoms. The molecule has 1 aromatic carbocycles. The number of rotatable bonds is 3. The average Bonchev–Trinajstić information content (AvgIpc) is 2.69. The zero-order valence-electron chi connectivity index (χ0n) is 8.27. The molecule has 1 aromatic heterocycles. The van der Waals surface area contributed by atoms with Crippen LogP contribution >= 0.6 is 15.9 Å². The molecule has 5 heteroatoms. The van der Waals surface area contributed by atoms with E-state index in [4.69, 9.17) is 5.11 Å². The van der Waals surface area contributed by atoms with Crippen molar-refractivity contribution in [1.29, 1.82) is 0 Å². The maximum Gasteiger partial charge on any atom is 0.339 e. The summed E-state index contributed by atoms with van der Waals surface area (Å²) in [5, 5.41) is 15.4. The SMILES string of the molecule is O=C(O)c1cn[nH]c1Cc1ccc(Br)cc1. The first-order chi connectivity index (χ1) is 7.66. The Kier molecular flexibility index (Phi) is 3.05. The van der Waals surface area contributed by atoms with Crippen LogP contribution in [0.4, 0.5) is 0 Å². The molecule has 82 valence electrons. The van der Waals surface area contributed by atoms with Crippen LogP contribution in [0.5, 0.6) is 0 Å². The van der Waals surface area contributed by atoms with E-state index in [9.17, 15) is 4.79 Å². The van der Waals surface area contributed by atoms with Crippen LogP contribution in [0, 0.1) is 0 Å². The van der Waals surface area contributed by atoms with Gasteiger partial charge in [-0.25, -0.2) is 4.79 Å². The summed E-state index contributed by atoms with van der Waals surface area (Å²) in [5.74, 6) is -0.958. The number of aromatic amines is 1. The standard InChI is InChI=1S/C11H9BrN2O2/c12-8-3-1-7(2-4-8)5-10-9(11(15)16)6-13-14-10/h1-4,6H,5H2,(H,13,14)(H,15,16). The van der Waals surface area contributed by atoms with Gasteiger partial charge in [-0.3, -0.25) is 5.10 Å². The molecule has 0 unspecified atom stereocenters. The summed E-state index contributed by atoms with van der Waals surface area (Å²) in [5.41, 5.74) is 1.88. The van der Waals surface area contributed by atoms with Gasteiger partial charge in [0.25, 0.3) is 0 Å². The summed E-state index contributed by atoms with van der Waals surface area (Å²) < 4.78 is 0.999. The molecule has 1 heterocycles. The molecule has 0 aliphatic heterocycles. The summed E-state index contributed by atoms with van der Waals surface area (Å²) >= 11 is 3.35. The fourth-order valence-electron chi connectivity index (χ4n) is 1.44. The van der Waals surface area contributed by atoms with Crippen LogP contribution in [-0.4, -0.2) is 21.3 Å². The number of aromatic nitrogens is 2. The highest BCUT2D eigenvalue weighted by Crippen LogP contribution is 2.15. The minimum Gasteiger partial charge on any atom is -0.478 e. The fourth-order valence-corrected chi connectivity index (χ4v) is 1.70. The number of hydrogen-bond donors (Lipinski definition) is 2. The number of H-pyrrole nitrogens is 1. The van der Waals surface area contributed by atoms with Crippen molar-refractivity contribution in [1.82, 2.24) is 10.2 Å². The predicted molar refractivity (Wildman–Crippen MR) is 62.5 cm³/mol. The van der Waals surface area contributed by atoms with E-state index in [0.717, 1.165) is 10.0 Å². The fraction of sp³-hybridized carbons (Fsp3) is 0.0909. The van der Waals surface area contributed by atoms with Crippen molar-refractivity contribution in [2.24, 2.45) is 0 Å². The Labute approximate surface area is 100 Å². The van der Waals surface area contributed by atoms with Gasteiger partial charge in [0.15, 0.2) is 0 Å². The first kappa shape index (κ1) is 10.9. The maximum atomic E-state index is 10.9. The largest absolute Gasteiger partial charge is 0.478 e. The molecule has 2 rings (SSSR count). The molecule has 0 saturated carbocycles. The summed E-state index contributed by atoms with van der Waals surface area (Å²) in [6.45, 7) is 0. The normalized spacial score (nSPS) is 10.3. The summed E-state index contributed by atoms with van der Waals surface area (Å²) in [6, 6.07) is 7.73. The quantitative estimate of drug-likeness (QED) is 0.908. The van der Waals surface area contributed by atoms with E-state index >= 15 is 0 Å². The van der Waals surface area contributed by atoms with Gasteiger partial charge in [0.05, 0.1) is 11.9 Å². The lowest BCUT2D eigenvalue weighted by Gasteiger charge is -2.00. The van der Waals surface area contributed by atoms with E-state index in [0.29, 0.717) is 12.1 Å². The average molecular weight is 281 g/mol. The Morgan fingerprint density at radius 2 is 2.06 bits per heavy atom. The van der Waals surface area contributed by atoms with E-state index in [2.05, 4.69) is 26.1 Å². The molecule has 0 amide bonds. The highest BCUT2D eigenvalue weighted by Gasteiger charge is 2.12. The first-order valence-corrected chi connectivity index (χ1v) is 5.46. The van der Waals surface area contributed by atoms with Crippen molar-refractivity contribution in [2.45, 2.75) is 6.42 Å². The molecule has 4 nitrogen and oxygen atoms in total. The Morgan fingerprint density at radius 1 is 1.38 bits per heavy atom. The summed E-state index contributed by atoms with van der Waals surface area (Å²) in [7, 11) is 0. The number of benzene rings is 1. The van der Waals surface area contributed by atoms with Crippen LogP contribution in [0.1, 0.15) is 21.6 Å². The van der Waals surface area contributed by atoms with Crippen LogP contribution in [0.2, 0.25) is 0 Å². The van der Waals surface area contributed by atoms with Crippen LogP contribution in [-0.2, 0) is 6.42 Å². The van der Waals surface area contributed by atoms with Gasteiger partial charge in [-0.1, -0.05) is 28.1 Å². The molecule has 2 aromatic rings. The van der Waals surface area contributed by atoms with Crippen molar-refractivity contribution in [2.75, 3.05) is 0 Å². The second kappa shape index (κ2) is 4.49. The van der Waals surface area contributed by atoms with Gasteiger partial charge in [0.2, 0.25) is 0 Å². The van der Waals surface area contributed by atoms with E-state index in [1.165, 1.54) is 6.20 Å². The monoisotopic (exact) mass is 280 g/mol. The highest BCUT2D eigenvalue weighted by molar-refractivity contribution is 9.10. The van der Waals surface area contributed by atoms with E-state index < -0.39 is 5.97 Å². The number of nitrogens with one attached hydrogen (secondary N) is 1. The lowest BCUT2D eigenvalue weighted by Crippen LogP contribution is -2.00. The van der Waals surface area contributed by atoms with Crippen molar-refractivity contribution in [3.8, 4) is 0 Å². The van der Waals surface area contributed by atoms with E-state index in [1.54, 1.807) is 0 Å². The number of hydrogen-bond acceptors (Lipinski definition) is 2. The number of carbonyl (C=O) groups is 1. The summed E-state index contributed by atoms with van der Waals surface area (Å²) in [4.78, 5) is 10.9. The van der Waals surface area contributed by atoms with Gasteiger partial charge in [0.1, 0.15) is 5.56 Å². The van der Waals surface area contributed by atoms with Crippen LogP contribution in [0.25, 0.3) is 0 Å². The molecule has 0 atom stereocenters. The second-order valence-electron chi connectivity index (χ2n) is 3.37. The van der Waals surface area contributed by atoms with Gasteiger partial charge < -0.3 is 5.11 Å². The first-order valence-electron chi connectivity index (χ1n) is 4.67. The van der Waals surface area contributed by atoms with Gasteiger partial charge >= 0.3 is 5.97 Å². The number of halogens is 1. The molecule has 0 aliphatic carbocycles. The summed E-state index contributed by atoms with van der Waals surface area (Å²) in [6.07, 6.45) is 1.87. The third-order valence-electron chi connectivity index (χ3n) is 2.24. The molecule has 0 aliphatic rings. The van der Waals surface area contributed by atoms with Crippen molar-refractivity contribution >= 4 is 21.9 Å². The third-order valence-corrected chi connectivity index (χ3v) is 2.77. The van der Waals surface area contributed by atoms with Crippen LogP contribution in [0.15, 0.2) is 34.9 Å². The smallest absolute Gasteiger partial charge is 0.339 e. The molecule has 0 bridgehead atoms. The third kappa shape index (κ3) is 2.30. The lowest BCUT2D eigenvalue weighted by atomic mass is 10.1. The molecule has 2 N–H and O–H groups in total. The maximum absolute atomic E-state index is 10.9. The molecule has 16 heavy (non-hydrogen) atoms. The van der Waals surface area contributed by atoms with Crippen LogP contribution in [0.3, 0.4) is 0 Å². The predicted octanol–water partition coefficient (Wildman–Crippen LogP) is 2.46. The van der Waals surface area contributed by atoms with Crippen molar-refractivity contribution in [3.05, 3.63) is 51.8 Å². The molecule has 0 fully saturated rings. The second-order valence-corrected chi connectivity index (χ2v) is 4.29. The van der Waals surface area contributed by atoms with E-state index in [-0.39, 0.29) is 5.56 Å². The molecular formula is C11H9BrN2O2.